The van der Waals surface area contributed by atoms with Crippen molar-refractivity contribution in [2.24, 2.45) is 0 Å². The van der Waals surface area contributed by atoms with Crippen LogP contribution in [0.5, 0.6) is 0 Å². The monoisotopic (exact) mass is 316 g/mol. The number of hydrogen-bond donors (Lipinski definition) is 0. The van der Waals surface area contributed by atoms with Crippen molar-refractivity contribution in [1.82, 2.24) is 19.9 Å². The summed E-state index contributed by atoms with van der Waals surface area (Å²) in [4.78, 5) is 28.3. The van der Waals surface area contributed by atoms with Crippen LogP contribution in [0.4, 0.5) is 0 Å². The average Bonchev–Trinajstić information content (AvgIpc) is 2.95. The van der Waals surface area contributed by atoms with Gasteiger partial charge in [-0.25, -0.2) is 15.0 Å². The highest BCUT2D eigenvalue weighted by molar-refractivity contribution is 5.95. The van der Waals surface area contributed by atoms with Crippen LogP contribution >= 0.6 is 0 Å². The first-order valence-corrected chi connectivity index (χ1v) is 8.28. The van der Waals surface area contributed by atoms with Gasteiger partial charge in [0.1, 0.15) is 12.0 Å². The zero-order chi connectivity index (χ0) is 16.1. The topological polar surface area (TPSA) is 59.0 Å². The summed E-state index contributed by atoms with van der Waals surface area (Å²) in [5, 5.41) is 1.05. The fraction of sp³-hybridized carbons (Fsp3) is 0.263. The van der Waals surface area contributed by atoms with Gasteiger partial charge in [0.2, 0.25) is 0 Å². The fourth-order valence-corrected chi connectivity index (χ4v) is 4.05. The first kappa shape index (κ1) is 13.6. The van der Waals surface area contributed by atoms with Crippen LogP contribution in [0, 0.1) is 0 Å². The van der Waals surface area contributed by atoms with E-state index in [9.17, 15) is 4.79 Å². The summed E-state index contributed by atoms with van der Waals surface area (Å²) in [5.74, 6) is 0.0164. The molecular weight excluding hydrogens is 300 g/mol. The molecule has 118 valence electrons. The Balaban J connectivity index is 1.55. The van der Waals surface area contributed by atoms with Crippen molar-refractivity contribution in [3.8, 4) is 0 Å². The van der Waals surface area contributed by atoms with Crippen LogP contribution in [0.2, 0.25) is 0 Å². The van der Waals surface area contributed by atoms with Crippen molar-refractivity contribution >= 4 is 16.8 Å². The van der Waals surface area contributed by atoms with E-state index in [0.717, 1.165) is 41.4 Å². The van der Waals surface area contributed by atoms with Gasteiger partial charge in [-0.3, -0.25) is 4.79 Å². The van der Waals surface area contributed by atoms with Gasteiger partial charge in [0.25, 0.3) is 5.91 Å². The van der Waals surface area contributed by atoms with Gasteiger partial charge in [-0.2, -0.15) is 0 Å². The number of para-hydroxylation sites is 1. The molecule has 1 saturated heterocycles. The zero-order valence-corrected chi connectivity index (χ0v) is 13.1. The molecule has 5 nitrogen and oxygen atoms in total. The van der Waals surface area contributed by atoms with Gasteiger partial charge in [0, 0.05) is 29.6 Å². The second-order valence-electron chi connectivity index (χ2n) is 6.48. The molecule has 2 aromatic heterocycles. The number of hydrogen-bond acceptors (Lipinski definition) is 4. The van der Waals surface area contributed by atoms with Crippen molar-refractivity contribution in [1.29, 1.82) is 0 Å². The molecule has 1 fully saturated rings. The van der Waals surface area contributed by atoms with Gasteiger partial charge in [0.05, 0.1) is 17.3 Å². The van der Waals surface area contributed by atoms with Crippen LogP contribution < -0.4 is 0 Å². The number of pyridine rings is 1. The number of carbonyl (C=O) groups excluding carboxylic acids is 1. The molecule has 5 rings (SSSR count). The second-order valence-corrected chi connectivity index (χ2v) is 6.48. The predicted molar refractivity (Wildman–Crippen MR) is 89.4 cm³/mol. The molecule has 0 N–H and O–H groups in total. The van der Waals surface area contributed by atoms with Crippen molar-refractivity contribution < 1.29 is 4.79 Å². The largest absolute Gasteiger partial charge is 0.327 e. The van der Waals surface area contributed by atoms with Crippen molar-refractivity contribution in [2.45, 2.75) is 31.3 Å². The van der Waals surface area contributed by atoms with Crippen molar-refractivity contribution in [3.05, 3.63) is 65.9 Å². The summed E-state index contributed by atoms with van der Waals surface area (Å²) in [6.45, 7) is 0. The molecule has 2 aliphatic heterocycles. The second kappa shape index (κ2) is 5.09. The molecule has 24 heavy (non-hydrogen) atoms. The lowest BCUT2D eigenvalue weighted by Crippen LogP contribution is -2.42. The Morgan fingerprint density at radius 3 is 3.00 bits per heavy atom. The molecule has 4 heterocycles. The average molecular weight is 316 g/mol. The quantitative estimate of drug-likeness (QED) is 0.692. The molecule has 2 unspecified atom stereocenters. The smallest absolute Gasteiger partial charge is 0.273 e. The number of rotatable bonds is 1. The number of benzene rings is 1. The summed E-state index contributed by atoms with van der Waals surface area (Å²) in [7, 11) is 0. The molecule has 2 atom stereocenters. The molecule has 0 radical (unpaired) electrons. The molecule has 1 aromatic carbocycles. The van der Waals surface area contributed by atoms with E-state index in [0.29, 0.717) is 5.69 Å². The summed E-state index contributed by atoms with van der Waals surface area (Å²) >= 11 is 0. The third-order valence-corrected chi connectivity index (χ3v) is 5.17. The highest BCUT2D eigenvalue weighted by atomic mass is 16.2. The lowest BCUT2D eigenvalue weighted by atomic mass is 9.99. The molecule has 5 heteroatoms. The van der Waals surface area contributed by atoms with Crippen LogP contribution in [0.3, 0.4) is 0 Å². The van der Waals surface area contributed by atoms with E-state index in [-0.39, 0.29) is 18.0 Å². The lowest BCUT2D eigenvalue weighted by molar-refractivity contribution is 0.0638. The summed E-state index contributed by atoms with van der Waals surface area (Å²) in [6.07, 6.45) is 6.27. The summed E-state index contributed by atoms with van der Waals surface area (Å²) < 4.78 is 0. The maximum absolute atomic E-state index is 13.1. The number of carbonyl (C=O) groups is 1. The first-order valence-electron chi connectivity index (χ1n) is 8.28. The van der Waals surface area contributed by atoms with Gasteiger partial charge >= 0.3 is 0 Å². The van der Waals surface area contributed by atoms with Crippen LogP contribution in [0.1, 0.15) is 40.6 Å². The minimum absolute atomic E-state index is 0.0164. The molecule has 0 aliphatic carbocycles. The standard InChI is InChI=1S/C19H16N4O/c24-19(16-7-5-12-3-1-2-4-15(12)22-16)23-13-6-8-18(23)14-10-20-11-21-17(14)9-13/h1-5,7,10-11,13,18H,6,8-9H2. The Kier molecular flexibility index (Phi) is 2.89. The Morgan fingerprint density at radius 2 is 2.04 bits per heavy atom. The third-order valence-electron chi connectivity index (χ3n) is 5.17. The Labute approximate surface area is 139 Å². The maximum atomic E-state index is 13.1. The van der Waals surface area contributed by atoms with Crippen molar-refractivity contribution in [3.63, 3.8) is 0 Å². The molecule has 1 amide bonds. The highest BCUT2D eigenvalue weighted by Gasteiger charge is 2.43. The summed E-state index contributed by atoms with van der Waals surface area (Å²) in [5.41, 5.74) is 3.57. The first-order chi connectivity index (χ1) is 11.8. The highest BCUT2D eigenvalue weighted by Crippen LogP contribution is 2.43. The predicted octanol–water partition coefficient (Wildman–Crippen LogP) is 2.93. The Morgan fingerprint density at radius 1 is 1.12 bits per heavy atom. The molecule has 3 aromatic rings. The number of fused-ring (bicyclic) bond motifs is 5. The minimum Gasteiger partial charge on any atom is -0.327 e. The zero-order valence-electron chi connectivity index (χ0n) is 13.1. The summed E-state index contributed by atoms with van der Waals surface area (Å²) in [6, 6.07) is 12.0. The lowest BCUT2D eigenvalue weighted by Gasteiger charge is -2.35. The maximum Gasteiger partial charge on any atom is 0.273 e. The molecule has 0 saturated carbocycles. The van der Waals surface area contributed by atoms with Crippen LogP contribution in [-0.4, -0.2) is 31.8 Å². The van der Waals surface area contributed by atoms with Gasteiger partial charge < -0.3 is 4.90 Å². The molecule has 2 aliphatic rings. The van der Waals surface area contributed by atoms with E-state index in [4.69, 9.17) is 0 Å². The van der Waals surface area contributed by atoms with Crippen LogP contribution in [0.25, 0.3) is 10.9 Å². The van der Waals surface area contributed by atoms with Gasteiger partial charge in [0.15, 0.2) is 0 Å². The van der Waals surface area contributed by atoms with E-state index < -0.39 is 0 Å². The minimum atomic E-state index is 0.0164. The van der Waals surface area contributed by atoms with Crippen LogP contribution in [0.15, 0.2) is 48.9 Å². The van der Waals surface area contributed by atoms with Crippen LogP contribution in [-0.2, 0) is 6.42 Å². The van der Waals surface area contributed by atoms with Gasteiger partial charge in [-0.1, -0.05) is 24.3 Å². The van der Waals surface area contributed by atoms with E-state index in [1.807, 2.05) is 47.5 Å². The molecule has 2 bridgehead atoms. The van der Waals surface area contributed by atoms with Gasteiger partial charge in [-0.15, -0.1) is 0 Å². The Hall–Kier alpha value is -2.82. The normalized spacial score (nSPS) is 21.8. The van der Waals surface area contributed by atoms with E-state index in [1.54, 1.807) is 6.33 Å². The number of amides is 1. The Bertz CT molecular complexity index is 955. The van der Waals surface area contributed by atoms with Gasteiger partial charge in [-0.05, 0) is 25.0 Å². The molecular formula is C19H16N4O. The SMILES string of the molecule is O=C(c1ccc2ccccc2n1)N1C2CCC1c1cncnc1C2. The number of aromatic nitrogens is 3. The van der Waals surface area contributed by atoms with E-state index in [1.165, 1.54) is 0 Å². The number of nitrogens with zero attached hydrogens (tertiary/aromatic N) is 4. The molecule has 0 spiro atoms. The third kappa shape index (κ3) is 1.94. The van der Waals surface area contributed by atoms with E-state index in [2.05, 4.69) is 15.0 Å². The van der Waals surface area contributed by atoms with E-state index >= 15 is 0 Å². The van der Waals surface area contributed by atoms with Crippen molar-refractivity contribution in [2.75, 3.05) is 0 Å². The fourth-order valence-electron chi connectivity index (χ4n) is 4.05.